The van der Waals surface area contributed by atoms with Crippen LogP contribution in [0.4, 0.5) is 0 Å². The molecule has 0 saturated heterocycles. The van der Waals surface area contributed by atoms with E-state index in [1.165, 1.54) is 42.8 Å². The van der Waals surface area contributed by atoms with E-state index in [1.807, 2.05) is 0 Å². The molecule has 2 aromatic heterocycles. The highest BCUT2D eigenvalue weighted by Crippen LogP contribution is 1.80. The van der Waals surface area contributed by atoms with E-state index in [4.69, 9.17) is 11.5 Å². The number of aryl methyl sites for hydroxylation is 2. The van der Waals surface area contributed by atoms with Gasteiger partial charge in [-0.25, -0.2) is 9.59 Å². The van der Waals surface area contributed by atoms with E-state index in [0.29, 0.717) is 39.0 Å². The number of nitrogens with two attached hydrogens (primary N) is 2. The topological polar surface area (TPSA) is 140 Å². The Hall–Kier alpha value is -1.85. The van der Waals surface area contributed by atoms with E-state index in [2.05, 4.69) is 0 Å². The fourth-order valence-corrected chi connectivity index (χ4v) is 2.14. The summed E-state index contributed by atoms with van der Waals surface area (Å²) in [5.74, 6) is 0. The minimum atomic E-state index is -0.291. The first-order valence-corrected chi connectivity index (χ1v) is 8.26. The molecule has 0 unspecified atom stereocenters. The molecule has 2 heterocycles. The fourth-order valence-electron chi connectivity index (χ4n) is 2.14. The Morgan fingerprint density at radius 3 is 1.28 bits per heavy atom. The Kier molecular flexibility index (Phi) is 17.6. The van der Waals surface area contributed by atoms with E-state index in [1.54, 1.807) is 14.1 Å². The van der Waals surface area contributed by atoms with Crippen molar-refractivity contribution in [1.29, 1.82) is 0 Å². The second kappa shape index (κ2) is 16.0. The molecule has 0 aliphatic rings. The van der Waals surface area contributed by atoms with Gasteiger partial charge in [0.15, 0.2) is 0 Å². The molecule has 0 saturated carbocycles. The molecular formula is C16H29Cl3N6O4. The molecule has 0 amide bonds. The van der Waals surface area contributed by atoms with Crippen LogP contribution in [0, 0.1) is 0 Å². The van der Waals surface area contributed by atoms with Gasteiger partial charge in [0, 0.05) is 51.7 Å². The van der Waals surface area contributed by atoms with Crippen LogP contribution in [-0.2, 0) is 27.2 Å². The lowest BCUT2D eigenvalue weighted by atomic mass is 10.4. The average Bonchev–Trinajstić information content (AvgIpc) is 2.62. The van der Waals surface area contributed by atoms with Gasteiger partial charge in [-0.15, -0.1) is 37.2 Å². The zero-order valence-electron chi connectivity index (χ0n) is 16.4. The second-order valence-electron chi connectivity index (χ2n) is 5.68. The summed E-state index contributed by atoms with van der Waals surface area (Å²) in [5.41, 5.74) is 9.46. The molecule has 168 valence electrons. The van der Waals surface area contributed by atoms with Crippen LogP contribution in [0.3, 0.4) is 0 Å². The van der Waals surface area contributed by atoms with Crippen LogP contribution in [-0.4, -0.2) is 31.4 Å². The summed E-state index contributed by atoms with van der Waals surface area (Å²) in [6, 6.07) is 2.75. The first-order chi connectivity index (χ1) is 12.3. The van der Waals surface area contributed by atoms with E-state index >= 15 is 0 Å². The zero-order valence-corrected chi connectivity index (χ0v) is 18.8. The second-order valence-corrected chi connectivity index (χ2v) is 5.68. The largest absolute Gasteiger partial charge is 0.330 e. The van der Waals surface area contributed by atoms with Gasteiger partial charge in [-0.1, -0.05) is 0 Å². The predicted octanol–water partition coefficient (Wildman–Crippen LogP) is -0.943. The van der Waals surface area contributed by atoms with Gasteiger partial charge in [-0.2, -0.15) is 0 Å². The van der Waals surface area contributed by atoms with E-state index in [9.17, 15) is 19.2 Å². The third kappa shape index (κ3) is 9.46. The molecule has 0 aliphatic heterocycles. The summed E-state index contributed by atoms with van der Waals surface area (Å²) < 4.78 is 5.12. The Morgan fingerprint density at radius 2 is 1.00 bits per heavy atom. The van der Waals surface area contributed by atoms with Crippen molar-refractivity contribution in [3.05, 3.63) is 66.2 Å². The summed E-state index contributed by atoms with van der Waals surface area (Å²) in [6.07, 6.45) is 4.20. The molecule has 10 nitrogen and oxygen atoms in total. The maximum Gasteiger partial charge on any atom is 0.330 e. The Balaban J connectivity index is -0.000000422. The fraction of sp³-hybridized carbons (Fsp3) is 0.500. The predicted molar refractivity (Wildman–Crippen MR) is 121 cm³/mol. The smallest absolute Gasteiger partial charge is 0.330 e. The third-order valence-corrected chi connectivity index (χ3v) is 3.65. The Morgan fingerprint density at radius 1 is 0.690 bits per heavy atom. The third-order valence-electron chi connectivity index (χ3n) is 3.65. The van der Waals surface area contributed by atoms with Gasteiger partial charge in [0.25, 0.3) is 11.1 Å². The summed E-state index contributed by atoms with van der Waals surface area (Å²) in [7, 11) is 3.22. The Bertz CT molecular complexity index is 874. The molecule has 2 rings (SSSR count). The Labute approximate surface area is 186 Å². The number of hydrogen-bond donors (Lipinski definition) is 2. The van der Waals surface area contributed by atoms with Crippen molar-refractivity contribution in [3.63, 3.8) is 0 Å². The molecule has 0 fully saturated rings. The lowest BCUT2D eigenvalue weighted by molar-refractivity contribution is 0.567. The molecule has 2 aromatic rings. The van der Waals surface area contributed by atoms with Crippen LogP contribution in [0.25, 0.3) is 0 Å². The molecule has 0 atom stereocenters. The maximum absolute atomic E-state index is 11.4. The van der Waals surface area contributed by atoms with Crippen LogP contribution >= 0.6 is 37.2 Å². The van der Waals surface area contributed by atoms with Gasteiger partial charge in [-0.3, -0.25) is 18.7 Å². The minimum absolute atomic E-state index is 0. The number of hydrogen-bond acceptors (Lipinski definition) is 6. The zero-order chi connectivity index (χ0) is 19.7. The summed E-state index contributed by atoms with van der Waals surface area (Å²) in [6.45, 7) is 1.74. The minimum Gasteiger partial charge on any atom is -0.330 e. The number of rotatable bonds is 6. The van der Waals surface area contributed by atoms with Gasteiger partial charge < -0.3 is 20.6 Å². The van der Waals surface area contributed by atoms with Crippen molar-refractivity contribution in [2.75, 3.05) is 13.1 Å². The molecule has 0 spiro atoms. The first-order valence-electron chi connectivity index (χ1n) is 8.26. The van der Waals surface area contributed by atoms with Crippen LogP contribution < -0.4 is 34.0 Å². The number of halogens is 3. The number of nitrogens with zero attached hydrogens (tertiary/aromatic N) is 4. The molecule has 13 heteroatoms. The van der Waals surface area contributed by atoms with Gasteiger partial charge in [0.1, 0.15) is 0 Å². The molecule has 29 heavy (non-hydrogen) atoms. The van der Waals surface area contributed by atoms with Gasteiger partial charge in [-0.05, 0) is 25.9 Å². The van der Waals surface area contributed by atoms with Gasteiger partial charge >= 0.3 is 11.4 Å². The standard InChI is InChI=1S/2C8H13N3O2.3ClH/c2*1-10-6-3-7(12)11(8(10)13)5-2-4-9;;;/h2*3,6H,2,4-5,9H2,1H3;3*1H. The van der Waals surface area contributed by atoms with Gasteiger partial charge in [0.05, 0.1) is 0 Å². The van der Waals surface area contributed by atoms with Crippen LogP contribution in [0.2, 0.25) is 0 Å². The average molecular weight is 476 g/mol. The van der Waals surface area contributed by atoms with Crippen molar-refractivity contribution in [1.82, 2.24) is 18.3 Å². The highest BCUT2D eigenvalue weighted by molar-refractivity contribution is 5.86. The summed E-state index contributed by atoms with van der Waals surface area (Å²) in [5, 5.41) is 0. The summed E-state index contributed by atoms with van der Waals surface area (Å²) >= 11 is 0. The van der Waals surface area contributed by atoms with Crippen LogP contribution in [0.1, 0.15) is 12.8 Å². The summed E-state index contributed by atoms with van der Waals surface area (Å²) in [4.78, 5) is 45.2. The molecule has 4 N–H and O–H groups in total. The lowest BCUT2D eigenvalue weighted by Crippen LogP contribution is -2.38. The van der Waals surface area contributed by atoms with Crippen LogP contribution in [0.15, 0.2) is 43.7 Å². The van der Waals surface area contributed by atoms with Crippen molar-refractivity contribution >= 4 is 37.2 Å². The molecule has 0 radical (unpaired) electrons. The van der Waals surface area contributed by atoms with Crippen LogP contribution in [0.5, 0.6) is 0 Å². The van der Waals surface area contributed by atoms with E-state index in [-0.39, 0.29) is 59.7 Å². The highest BCUT2D eigenvalue weighted by Gasteiger charge is 2.01. The number of aromatic nitrogens is 4. The SMILES string of the molecule is Cl.Cl.Cl.Cn1ccc(=O)n(CCCN)c1=O.Cn1ccc(=O)n(CCCN)c1=O. The van der Waals surface area contributed by atoms with Crippen molar-refractivity contribution in [2.45, 2.75) is 25.9 Å². The molecule has 0 aromatic carbocycles. The molecule has 0 aliphatic carbocycles. The molecular weight excluding hydrogens is 447 g/mol. The van der Waals surface area contributed by atoms with Crippen molar-refractivity contribution in [2.24, 2.45) is 25.6 Å². The normalized spacial score (nSPS) is 9.24. The lowest BCUT2D eigenvalue weighted by Gasteiger charge is -2.04. The van der Waals surface area contributed by atoms with Crippen molar-refractivity contribution in [3.8, 4) is 0 Å². The quantitative estimate of drug-likeness (QED) is 0.552. The van der Waals surface area contributed by atoms with E-state index < -0.39 is 0 Å². The first kappa shape index (κ1) is 31.8. The van der Waals surface area contributed by atoms with E-state index in [0.717, 1.165) is 0 Å². The highest BCUT2D eigenvalue weighted by atomic mass is 35.5. The van der Waals surface area contributed by atoms with Gasteiger partial charge in [0.2, 0.25) is 0 Å². The monoisotopic (exact) mass is 474 g/mol. The molecule has 0 bridgehead atoms. The maximum atomic E-state index is 11.4. The van der Waals surface area contributed by atoms with Crippen molar-refractivity contribution < 1.29 is 0 Å².